The Morgan fingerprint density at radius 2 is 1.80 bits per heavy atom. The third-order valence-corrected chi connectivity index (χ3v) is 2.53. The molecular weight excluding hydrogens is 216 g/mol. The Morgan fingerprint density at radius 3 is 2.27 bits per heavy atom. The zero-order valence-electron chi connectivity index (χ0n) is 8.07. The molecule has 4 heteroatoms. The van der Waals surface area contributed by atoms with E-state index in [1.54, 1.807) is 24.3 Å². The first kappa shape index (κ1) is 10.3. The number of carbonyl (C=O) groups is 2. The van der Waals surface area contributed by atoms with Crippen molar-refractivity contribution in [3.63, 3.8) is 0 Å². The minimum absolute atomic E-state index is 0.109. The summed E-state index contributed by atoms with van der Waals surface area (Å²) in [6, 6.07) is 6.53. The second-order valence-electron chi connectivity index (χ2n) is 3.46. The average molecular weight is 225 g/mol. The number of hydrogen-bond donors (Lipinski definition) is 0. The molecule has 1 heterocycles. The van der Waals surface area contributed by atoms with Crippen molar-refractivity contribution in [2.24, 2.45) is 0 Å². The van der Waals surface area contributed by atoms with Crippen LogP contribution in [0.3, 0.4) is 0 Å². The lowest BCUT2D eigenvalue weighted by Crippen LogP contribution is -2.14. The highest BCUT2D eigenvalue weighted by atomic mass is 35.5. The summed E-state index contributed by atoms with van der Waals surface area (Å²) in [5.74, 6) is -0.269. The molecular formula is C11H9ClO3. The van der Waals surface area contributed by atoms with E-state index in [0.717, 1.165) is 0 Å². The Hall–Kier alpha value is -1.19. The Labute approximate surface area is 92.0 Å². The number of halogens is 1. The van der Waals surface area contributed by atoms with Gasteiger partial charge in [0.2, 0.25) is 0 Å². The topological polar surface area (TPSA) is 46.7 Å². The van der Waals surface area contributed by atoms with E-state index in [-0.39, 0.29) is 11.6 Å². The second-order valence-corrected chi connectivity index (χ2v) is 3.90. The van der Waals surface area contributed by atoms with Crippen LogP contribution < -0.4 is 0 Å². The molecule has 0 radical (unpaired) electrons. The minimum atomic E-state index is -0.594. The zero-order chi connectivity index (χ0) is 11.0. The molecule has 78 valence electrons. The molecule has 2 atom stereocenters. The molecule has 0 amide bonds. The number of rotatable bonds is 3. The number of benzene rings is 1. The molecule has 0 aliphatic carbocycles. The number of Topliss-reactive ketones (excluding diaryl/α,β-unsaturated/α-hetero) is 2. The highest BCUT2D eigenvalue weighted by molar-refractivity contribution is 6.30. The van der Waals surface area contributed by atoms with Crippen LogP contribution in [0.2, 0.25) is 5.02 Å². The molecule has 0 bridgehead atoms. The van der Waals surface area contributed by atoms with Gasteiger partial charge in [-0.1, -0.05) is 11.6 Å². The summed E-state index contributed by atoms with van der Waals surface area (Å²) < 4.78 is 4.99. The minimum Gasteiger partial charge on any atom is -0.353 e. The van der Waals surface area contributed by atoms with Gasteiger partial charge in [-0.2, -0.15) is 0 Å². The molecule has 0 aromatic heterocycles. The van der Waals surface area contributed by atoms with Crippen molar-refractivity contribution >= 4 is 23.2 Å². The van der Waals surface area contributed by atoms with E-state index in [0.29, 0.717) is 10.6 Å². The summed E-state index contributed by atoms with van der Waals surface area (Å²) in [4.78, 5) is 22.6. The zero-order valence-corrected chi connectivity index (χ0v) is 8.82. The molecule has 1 saturated heterocycles. The maximum absolute atomic E-state index is 11.7. The molecule has 2 unspecified atom stereocenters. The molecule has 2 rings (SSSR count). The van der Waals surface area contributed by atoms with Gasteiger partial charge in [0.05, 0.1) is 0 Å². The third-order valence-electron chi connectivity index (χ3n) is 2.28. The van der Waals surface area contributed by atoms with E-state index >= 15 is 0 Å². The summed E-state index contributed by atoms with van der Waals surface area (Å²) in [5, 5.41) is 0.575. The average Bonchev–Trinajstić information content (AvgIpc) is 2.97. The normalized spacial score (nSPS) is 23.6. The van der Waals surface area contributed by atoms with Gasteiger partial charge in [0, 0.05) is 10.6 Å². The molecule has 3 nitrogen and oxygen atoms in total. The summed E-state index contributed by atoms with van der Waals surface area (Å²) in [6.45, 7) is 1.42. The van der Waals surface area contributed by atoms with Crippen molar-refractivity contribution in [2.45, 2.75) is 19.1 Å². The number of carbonyl (C=O) groups excluding carboxylic acids is 2. The van der Waals surface area contributed by atoms with Crippen LogP contribution in [0.25, 0.3) is 0 Å². The summed E-state index contributed by atoms with van der Waals surface area (Å²) in [6.07, 6.45) is -1.14. The lowest BCUT2D eigenvalue weighted by molar-refractivity contribution is -0.118. The highest BCUT2D eigenvalue weighted by Gasteiger charge is 2.48. The van der Waals surface area contributed by atoms with E-state index in [4.69, 9.17) is 16.3 Å². The van der Waals surface area contributed by atoms with Crippen molar-refractivity contribution in [2.75, 3.05) is 0 Å². The monoisotopic (exact) mass is 224 g/mol. The van der Waals surface area contributed by atoms with E-state index in [1.165, 1.54) is 6.92 Å². The van der Waals surface area contributed by atoms with E-state index in [2.05, 4.69) is 0 Å². The predicted molar refractivity (Wildman–Crippen MR) is 55.1 cm³/mol. The van der Waals surface area contributed by atoms with Gasteiger partial charge in [0.25, 0.3) is 0 Å². The standard InChI is InChI=1S/C11H9ClO3/c1-6(13)10-11(15-10)9(14)7-2-4-8(12)5-3-7/h2-5,10-11H,1H3. The van der Waals surface area contributed by atoms with Crippen molar-refractivity contribution in [1.82, 2.24) is 0 Å². The summed E-state index contributed by atoms with van der Waals surface area (Å²) in [5.41, 5.74) is 0.521. The number of ketones is 2. The SMILES string of the molecule is CC(=O)C1OC1C(=O)c1ccc(Cl)cc1. The van der Waals surface area contributed by atoms with Gasteiger partial charge in [-0.25, -0.2) is 0 Å². The maximum atomic E-state index is 11.7. The van der Waals surface area contributed by atoms with Gasteiger partial charge in [-0.15, -0.1) is 0 Å². The first-order valence-electron chi connectivity index (χ1n) is 4.55. The van der Waals surface area contributed by atoms with Crippen LogP contribution in [-0.2, 0) is 9.53 Å². The van der Waals surface area contributed by atoms with Crippen LogP contribution in [-0.4, -0.2) is 23.8 Å². The van der Waals surface area contributed by atoms with Crippen molar-refractivity contribution < 1.29 is 14.3 Å². The van der Waals surface area contributed by atoms with Crippen molar-refractivity contribution in [3.05, 3.63) is 34.9 Å². The molecule has 1 aliphatic rings. The number of hydrogen-bond acceptors (Lipinski definition) is 3. The molecule has 1 fully saturated rings. The predicted octanol–water partition coefficient (Wildman–Crippen LogP) is 1.88. The van der Waals surface area contributed by atoms with Crippen LogP contribution >= 0.6 is 11.6 Å². The van der Waals surface area contributed by atoms with Crippen LogP contribution in [0.1, 0.15) is 17.3 Å². The van der Waals surface area contributed by atoms with Crippen molar-refractivity contribution in [3.8, 4) is 0 Å². The maximum Gasteiger partial charge on any atom is 0.194 e. The smallest absolute Gasteiger partial charge is 0.194 e. The lowest BCUT2D eigenvalue weighted by Gasteiger charge is -1.96. The Morgan fingerprint density at radius 1 is 1.20 bits per heavy atom. The molecule has 1 aromatic carbocycles. The van der Waals surface area contributed by atoms with Crippen LogP contribution in [0, 0.1) is 0 Å². The van der Waals surface area contributed by atoms with Crippen molar-refractivity contribution in [1.29, 1.82) is 0 Å². The fourth-order valence-corrected chi connectivity index (χ4v) is 1.53. The molecule has 15 heavy (non-hydrogen) atoms. The summed E-state index contributed by atoms with van der Waals surface area (Å²) in [7, 11) is 0. The largest absolute Gasteiger partial charge is 0.353 e. The number of epoxide rings is 1. The van der Waals surface area contributed by atoms with Gasteiger partial charge in [0.1, 0.15) is 0 Å². The molecule has 0 N–H and O–H groups in total. The van der Waals surface area contributed by atoms with Crippen LogP contribution in [0.5, 0.6) is 0 Å². The van der Waals surface area contributed by atoms with Gasteiger partial charge >= 0.3 is 0 Å². The van der Waals surface area contributed by atoms with E-state index in [9.17, 15) is 9.59 Å². The Balaban J connectivity index is 2.10. The lowest BCUT2D eigenvalue weighted by atomic mass is 10.1. The Kier molecular flexibility index (Phi) is 2.59. The van der Waals surface area contributed by atoms with Gasteiger partial charge < -0.3 is 4.74 Å². The quantitative estimate of drug-likeness (QED) is 0.582. The molecule has 1 aromatic rings. The van der Waals surface area contributed by atoms with Gasteiger partial charge in [0.15, 0.2) is 23.8 Å². The fraction of sp³-hybridized carbons (Fsp3) is 0.273. The van der Waals surface area contributed by atoms with Crippen LogP contribution in [0.4, 0.5) is 0 Å². The fourth-order valence-electron chi connectivity index (χ4n) is 1.40. The Bertz CT molecular complexity index is 410. The first-order valence-corrected chi connectivity index (χ1v) is 4.93. The van der Waals surface area contributed by atoms with Crippen LogP contribution in [0.15, 0.2) is 24.3 Å². The molecule has 0 saturated carbocycles. The van der Waals surface area contributed by atoms with E-state index < -0.39 is 12.2 Å². The van der Waals surface area contributed by atoms with Gasteiger partial charge in [-0.05, 0) is 31.2 Å². The second kappa shape index (κ2) is 3.76. The van der Waals surface area contributed by atoms with E-state index in [1.807, 2.05) is 0 Å². The highest BCUT2D eigenvalue weighted by Crippen LogP contribution is 2.27. The first-order chi connectivity index (χ1) is 7.09. The molecule has 1 aliphatic heterocycles. The number of ether oxygens (including phenoxy) is 1. The third kappa shape index (κ3) is 2.08. The van der Waals surface area contributed by atoms with Gasteiger partial charge in [-0.3, -0.25) is 9.59 Å². The molecule has 0 spiro atoms. The summed E-state index contributed by atoms with van der Waals surface area (Å²) >= 11 is 5.69.